The molecule has 1 amide bonds. The monoisotopic (exact) mass is 629 g/mol. The van der Waals surface area contributed by atoms with Gasteiger partial charge in [-0.25, -0.2) is 13.2 Å². The van der Waals surface area contributed by atoms with Gasteiger partial charge in [0.15, 0.2) is 5.79 Å². The fraction of sp³-hybridized carbons (Fsp3) is 0.424. The maximum atomic E-state index is 13.6. The lowest BCUT2D eigenvalue weighted by molar-refractivity contribution is -0.273. The van der Waals surface area contributed by atoms with Crippen LogP contribution in [-0.4, -0.2) is 44.7 Å². The molecule has 0 aliphatic carbocycles. The third-order valence-corrected chi connectivity index (χ3v) is 9.28. The van der Waals surface area contributed by atoms with Crippen LogP contribution >= 0.6 is 11.6 Å². The van der Waals surface area contributed by atoms with E-state index < -0.39 is 32.9 Å². The van der Waals surface area contributed by atoms with E-state index in [-0.39, 0.29) is 33.9 Å². The highest BCUT2D eigenvalue weighted by molar-refractivity contribution is 7.91. The zero-order chi connectivity index (χ0) is 31.5. The van der Waals surface area contributed by atoms with Crippen LogP contribution in [0.3, 0.4) is 0 Å². The predicted molar refractivity (Wildman–Crippen MR) is 165 cm³/mol. The molecule has 0 bridgehead atoms. The molecule has 1 fully saturated rings. The number of benzene rings is 3. The molecule has 232 valence electrons. The zero-order valence-corrected chi connectivity index (χ0v) is 27.1. The summed E-state index contributed by atoms with van der Waals surface area (Å²) in [6, 6.07) is 20.7. The maximum absolute atomic E-state index is 13.6. The van der Waals surface area contributed by atoms with Gasteiger partial charge in [0.25, 0.3) is 0 Å². The van der Waals surface area contributed by atoms with Crippen molar-refractivity contribution in [2.45, 2.75) is 87.2 Å². The number of amides is 1. The van der Waals surface area contributed by atoms with Gasteiger partial charge in [-0.1, -0.05) is 61.0 Å². The number of sulfone groups is 1. The Morgan fingerprint density at radius 3 is 2.23 bits per heavy atom. The van der Waals surface area contributed by atoms with Crippen molar-refractivity contribution >= 4 is 27.5 Å². The van der Waals surface area contributed by atoms with Crippen molar-refractivity contribution in [3.05, 3.63) is 88.9 Å². The number of hydrogen-bond acceptors (Lipinski definition) is 7. The molecule has 0 saturated carbocycles. The average molecular weight is 630 g/mol. The molecule has 10 heteroatoms. The Hall–Kier alpha value is -3.11. The highest BCUT2D eigenvalue weighted by Crippen LogP contribution is 2.41. The van der Waals surface area contributed by atoms with E-state index in [9.17, 15) is 13.2 Å². The molecule has 1 saturated heterocycles. The molecule has 4 rings (SSSR count). The van der Waals surface area contributed by atoms with E-state index in [1.54, 1.807) is 52.8 Å². The summed E-state index contributed by atoms with van der Waals surface area (Å²) >= 11 is 6.81. The first-order chi connectivity index (χ1) is 20.1. The number of rotatable bonds is 9. The van der Waals surface area contributed by atoms with E-state index in [2.05, 4.69) is 5.32 Å². The number of carbonyl (C=O) groups excluding carboxylic acids is 1. The van der Waals surface area contributed by atoms with Gasteiger partial charge in [0.1, 0.15) is 18.0 Å². The molecule has 1 heterocycles. The van der Waals surface area contributed by atoms with E-state index in [4.69, 9.17) is 30.5 Å². The standard InChI is InChI=1S/C33H40ClNO7S/c1-7-28(33(21-40-32(5,6)41-22-33)35-30(36)42-31(2,3)4)27-17-16-26(19-29(27)34)43(37,38)25-15-11-14-24(18-25)39-20-23-12-9-8-10-13-23/h8-19,28H,7,20-22H2,1-6H3,(H,35,36). The Morgan fingerprint density at radius 2 is 1.63 bits per heavy atom. The van der Waals surface area contributed by atoms with Crippen LogP contribution in [0.1, 0.15) is 65.0 Å². The Bertz CT molecular complexity index is 1520. The van der Waals surface area contributed by atoms with Crippen molar-refractivity contribution in [1.29, 1.82) is 0 Å². The second-order valence-corrected chi connectivity index (χ2v) is 14.5. The second-order valence-electron chi connectivity index (χ2n) is 12.2. The maximum Gasteiger partial charge on any atom is 0.408 e. The van der Waals surface area contributed by atoms with Crippen LogP contribution in [0, 0.1) is 0 Å². The summed E-state index contributed by atoms with van der Waals surface area (Å²) in [5.74, 6) is -0.775. The molecule has 1 N–H and O–H groups in total. The van der Waals surface area contributed by atoms with Crippen molar-refractivity contribution in [3.8, 4) is 5.75 Å². The first-order valence-corrected chi connectivity index (χ1v) is 16.1. The molecule has 0 radical (unpaired) electrons. The number of nitrogens with one attached hydrogen (secondary N) is 1. The molecule has 1 aliphatic heterocycles. The van der Waals surface area contributed by atoms with E-state index in [0.717, 1.165) is 5.56 Å². The number of alkyl carbamates (subject to hydrolysis) is 1. The Balaban J connectivity index is 1.62. The van der Waals surface area contributed by atoms with Gasteiger partial charge in [-0.05, 0) is 82.5 Å². The summed E-state index contributed by atoms with van der Waals surface area (Å²) < 4.78 is 50.7. The zero-order valence-electron chi connectivity index (χ0n) is 25.5. The average Bonchev–Trinajstić information content (AvgIpc) is 2.94. The summed E-state index contributed by atoms with van der Waals surface area (Å²) in [5.41, 5.74) is -0.0905. The summed E-state index contributed by atoms with van der Waals surface area (Å²) in [4.78, 5) is 13.1. The molecule has 0 spiro atoms. The van der Waals surface area contributed by atoms with Gasteiger partial charge in [-0.2, -0.15) is 0 Å². The minimum atomic E-state index is -3.91. The van der Waals surface area contributed by atoms with E-state index in [0.29, 0.717) is 24.3 Å². The molecule has 1 unspecified atom stereocenters. The van der Waals surface area contributed by atoms with Crippen molar-refractivity contribution in [2.75, 3.05) is 13.2 Å². The first-order valence-electron chi connectivity index (χ1n) is 14.2. The largest absolute Gasteiger partial charge is 0.489 e. The van der Waals surface area contributed by atoms with E-state index in [1.807, 2.05) is 37.3 Å². The lowest BCUT2D eigenvalue weighted by Gasteiger charge is -2.48. The molecule has 43 heavy (non-hydrogen) atoms. The van der Waals surface area contributed by atoms with Crippen LogP contribution in [0.25, 0.3) is 0 Å². The van der Waals surface area contributed by atoms with Crippen LogP contribution < -0.4 is 10.1 Å². The Labute approximate surface area is 259 Å². The van der Waals surface area contributed by atoms with Crippen molar-refractivity contribution in [3.63, 3.8) is 0 Å². The fourth-order valence-electron chi connectivity index (χ4n) is 5.03. The van der Waals surface area contributed by atoms with Crippen LogP contribution in [0.4, 0.5) is 4.79 Å². The van der Waals surface area contributed by atoms with Crippen LogP contribution in [0.2, 0.25) is 5.02 Å². The second kappa shape index (κ2) is 12.9. The van der Waals surface area contributed by atoms with E-state index >= 15 is 0 Å². The number of halogens is 1. The molecular weight excluding hydrogens is 590 g/mol. The highest BCUT2D eigenvalue weighted by atomic mass is 35.5. The Kier molecular flexibility index (Phi) is 9.81. The van der Waals surface area contributed by atoms with Crippen molar-refractivity contribution in [2.24, 2.45) is 0 Å². The summed E-state index contributed by atoms with van der Waals surface area (Å²) in [6.07, 6.45) is -0.0576. The minimum absolute atomic E-state index is 0.0442. The molecule has 1 atom stereocenters. The summed E-state index contributed by atoms with van der Waals surface area (Å²) in [5, 5.41) is 3.25. The smallest absolute Gasteiger partial charge is 0.408 e. The molecule has 1 aliphatic rings. The molecule has 3 aromatic rings. The van der Waals surface area contributed by atoms with Gasteiger partial charge in [0.2, 0.25) is 9.84 Å². The first kappa shape index (κ1) is 32.8. The van der Waals surface area contributed by atoms with Crippen LogP contribution in [0.5, 0.6) is 5.75 Å². The summed E-state index contributed by atoms with van der Waals surface area (Å²) in [6.45, 7) is 11.5. The van der Waals surface area contributed by atoms with E-state index in [1.165, 1.54) is 24.3 Å². The fourth-order valence-corrected chi connectivity index (χ4v) is 6.73. The topological polar surface area (TPSA) is 100 Å². The number of ether oxygens (including phenoxy) is 4. The predicted octanol–water partition coefficient (Wildman–Crippen LogP) is 7.29. The highest BCUT2D eigenvalue weighted by Gasteiger charge is 2.48. The Morgan fingerprint density at radius 1 is 0.977 bits per heavy atom. The third-order valence-electron chi connectivity index (χ3n) is 7.20. The van der Waals surface area contributed by atoms with Crippen LogP contribution in [-0.2, 0) is 30.7 Å². The molecule has 8 nitrogen and oxygen atoms in total. The normalized spacial score (nSPS) is 17.1. The SMILES string of the molecule is CCC(c1ccc(S(=O)(=O)c2cccc(OCc3ccccc3)c2)cc1Cl)C1(NC(=O)OC(C)(C)C)COC(C)(C)OC1. The lowest BCUT2D eigenvalue weighted by atomic mass is 9.77. The van der Waals surface area contributed by atoms with Gasteiger partial charge < -0.3 is 24.3 Å². The van der Waals surface area contributed by atoms with Gasteiger partial charge in [-0.3, -0.25) is 0 Å². The van der Waals surface area contributed by atoms with Gasteiger partial charge in [-0.15, -0.1) is 0 Å². The van der Waals surface area contributed by atoms with Gasteiger partial charge >= 0.3 is 6.09 Å². The quantitative estimate of drug-likeness (QED) is 0.265. The number of hydrogen-bond donors (Lipinski definition) is 1. The lowest BCUT2D eigenvalue weighted by Crippen LogP contribution is -2.64. The van der Waals surface area contributed by atoms with Crippen molar-refractivity contribution in [1.82, 2.24) is 5.32 Å². The van der Waals surface area contributed by atoms with Crippen molar-refractivity contribution < 1.29 is 32.2 Å². The van der Waals surface area contributed by atoms with Crippen LogP contribution in [0.15, 0.2) is 82.6 Å². The molecule has 3 aromatic carbocycles. The van der Waals surface area contributed by atoms with Gasteiger partial charge in [0.05, 0.1) is 28.5 Å². The third kappa shape index (κ3) is 8.09. The summed E-state index contributed by atoms with van der Waals surface area (Å²) in [7, 11) is -3.91. The molecular formula is C33H40ClNO7S. The van der Waals surface area contributed by atoms with Gasteiger partial charge in [0, 0.05) is 10.9 Å². The number of carbonyl (C=O) groups is 1. The minimum Gasteiger partial charge on any atom is -0.489 e. The molecule has 0 aromatic heterocycles.